The predicted octanol–water partition coefficient (Wildman–Crippen LogP) is 3.66. The van der Waals surface area contributed by atoms with Crippen molar-refractivity contribution in [2.24, 2.45) is 0 Å². The summed E-state index contributed by atoms with van der Waals surface area (Å²) in [5.74, 6) is -0.00124. The van der Waals surface area contributed by atoms with E-state index in [-0.39, 0.29) is 6.54 Å². The van der Waals surface area contributed by atoms with E-state index >= 15 is 0 Å². The van der Waals surface area contributed by atoms with E-state index in [4.69, 9.17) is 0 Å². The monoisotopic (exact) mass is 476 g/mol. The van der Waals surface area contributed by atoms with Crippen molar-refractivity contribution >= 4 is 43.4 Å². The molecule has 0 saturated carbocycles. The highest BCUT2D eigenvalue weighted by Gasteiger charge is 2.23. The zero-order valence-electron chi connectivity index (χ0n) is 16.3. The number of nitrogens with one attached hydrogen (secondary N) is 1. The van der Waals surface area contributed by atoms with Crippen LogP contribution in [-0.2, 0) is 14.8 Å². The molecule has 3 aromatic rings. The van der Waals surface area contributed by atoms with Crippen LogP contribution in [0.15, 0.2) is 59.1 Å². The lowest BCUT2D eigenvalue weighted by Gasteiger charge is -2.23. The van der Waals surface area contributed by atoms with E-state index < -0.39 is 15.9 Å². The van der Waals surface area contributed by atoms with Gasteiger partial charge in [0.05, 0.1) is 23.3 Å². The van der Waals surface area contributed by atoms with Gasteiger partial charge in [0.15, 0.2) is 0 Å². The molecule has 0 fully saturated rings. The number of hydrogen-bond acceptors (Lipinski definition) is 4. The van der Waals surface area contributed by atoms with Crippen LogP contribution in [0.5, 0.6) is 0 Å². The Morgan fingerprint density at radius 2 is 1.86 bits per heavy atom. The molecule has 0 spiro atoms. The first-order valence-electron chi connectivity index (χ1n) is 8.81. The van der Waals surface area contributed by atoms with Crippen molar-refractivity contribution in [1.82, 2.24) is 9.78 Å². The summed E-state index contributed by atoms with van der Waals surface area (Å²) in [6.07, 6.45) is 1.09. The molecule has 0 radical (unpaired) electrons. The summed E-state index contributed by atoms with van der Waals surface area (Å²) in [7, 11) is -3.65. The summed E-state index contributed by atoms with van der Waals surface area (Å²) >= 11 is 3.43. The van der Waals surface area contributed by atoms with Crippen molar-refractivity contribution in [3.8, 4) is 5.69 Å². The predicted molar refractivity (Wildman–Crippen MR) is 118 cm³/mol. The van der Waals surface area contributed by atoms with E-state index in [2.05, 4.69) is 26.3 Å². The molecule has 0 unspecified atom stereocenters. The summed E-state index contributed by atoms with van der Waals surface area (Å²) in [6.45, 7) is 3.28. The van der Waals surface area contributed by atoms with Crippen LogP contribution in [0.1, 0.15) is 11.3 Å². The summed E-state index contributed by atoms with van der Waals surface area (Å²) in [6, 6.07) is 16.3. The van der Waals surface area contributed by atoms with Gasteiger partial charge in [0.25, 0.3) is 0 Å². The van der Waals surface area contributed by atoms with Gasteiger partial charge >= 0.3 is 0 Å². The Morgan fingerprint density at radius 3 is 2.52 bits per heavy atom. The fourth-order valence-corrected chi connectivity index (χ4v) is 4.23. The Labute approximate surface area is 178 Å². The molecular formula is C20H21BrN4O3S. The fourth-order valence-electron chi connectivity index (χ4n) is 2.93. The lowest BCUT2D eigenvalue weighted by Crippen LogP contribution is -2.38. The maximum Gasteiger partial charge on any atom is 0.246 e. The molecule has 3 rings (SSSR count). The Hall–Kier alpha value is -2.65. The van der Waals surface area contributed by atoms with E-state index in [1.54, 1.807) is 35.9 Å². The second-order valence-corrected chi connectivity index (χ2v) is 9.49. The highest BCUT2D eigenvalue weighted by molar-refractivity contribution is 9.10. The van der Waals surface area contributed by atoms with E-state index in [1.165, 1.54) is 0 Å². The minimum atomic E-state index is -3.65. The molecule has 2 aromatic carbocycles. The quantitative estimate of drug-likeness (QED) is 0.588. The zero-order chi connectivity index (χ0) is 21.2. The van der Waals surface area contributed by atoms with Gasteiger partial charge in [-0.05, 0) is 43.7 Å². The number of hydrogen-bond donors (Lipinski definition) is 1. The number of aryl methyl sites for hydroxylation is 2. The van der Waals surface area contributed by atoms with Crippen molar-refractivity contribution in [2.75, 3.05) is 22.4 Å². The zero-order valence-corrected chi connectivity index (χ0v) is 18.7. The van der Waals surface area contributed by atoms with E-state index in [0.717, 1.165) is 32.0 Å². The number of amides is 1. The molecule has 29 heavy (non-hydrogen) atoms. The Kier molecular flexibility index (Phi) is 6.09. The molecule has 1 amide bonds. The highest BCUT2D eigenvalue weighted by atomic mass is 79.9. The van der Waals surface area contributed by atoms with Gasteiger partial charge in [-0.3, -0.25) is 9.10 Å². The maximum atomic E-state index is 12.7. The van der Waals surface area contributed by atoms with Crippen molar-refractivity contribution < 1.29 is 13.2 Å². The minimum absolute atomic E-state index is 0.341. The molecule has 0 atom stereocenters. The van der Waals surface area contributed by atoms with Crippen LogP contribution in [0.3, 0.4) is 0 Å². The second kappa shape index (κ2) is 8.38. The van der Waals surface area contributed by atoms with Crippen molar-refractivity contribution in [3.63, 3.8) is 0 Å². The molecule has 0 aliphatic carbocycles. The first kappa shape index (κ1) is 21.1. The van der Waals surface area contributed by atoms with Gasteiger partial charge in [0.1, 0.15) is 12.4 Å². The lowest BCUT2D eigenvalue weighted by atomic mass is 10.2. The third-order valence-electron chi connectivity index (χ3n) is 4.22. The largest absolute Gasteiger partial charge is 0.309 e. The van der Waals surface area contributed by atoms with Crippen molar-refractivity contribution in [2.45, 2.75) is 13.8 Å². The van der Waals surface area contributed by atoms with Gasteiger partial charge in [0.2, 0.25) is 15.9 Å². The van der Waals surface area contributed by atoms with Gasteiger partial charge in [-0.2, -0.15) is 5.10 Å². The number of carbonyl (C=O) groups is 1. The number of carbonyl (C=O) groups excluding carboxylic acids is 1. The third-order valence-corrected chi connectivity index (χ3v) is 5.84. The van der Waals surface area contributed by atoms with Gasteiger partial charge in [-0.15, -0.1) is 0 Å². The molecule has 7 nitrogen and oxygen atoms in total. The average molecular weight is 477 g/mol. The van der Waals surface area contributed by atoms with Gasteiger partial charge in [-0.1, -0.05) is 40.2 Å². The van der Waals surface area contributed by atoms with Crippen LogP contribution >= 0.6 is 15.9 Å². The van der Waals surface area contributed by atoms with Gasteiger partial charge in [-0.25, -0.2) is 13.1 Å². The topological polar surface area (TPSA) is 84.3 Å². The van der Waals surface area contributed by atoms with Crippen LogP contribution in [0.25, 0.3) is 5.69 Å². The number of para-hydroxylation sites is 1. The van der Waals surface area contributed by atoms with E-state index in [0.29, 0.717) is 11.5 Å². The maximum absolute atomic E-state index is 12.7. The smallest absolute Gasteiger partial charge is 0.246 e. The molecule has 1 heterocycles. The molecular weight excluding hydrogens is 456 g/mol. The number of nitrogens with zero attached hydrogens (tertiary/aromatic N) is 3. The van der Waals surface area contributed by atoms with Gasteiger partial charge in [0, 0.05) is 10.5 Å². The normalized spacial score (nSPS) is 11.3. The van der Waals surface area contributed by atoms with Crippen molar-refractivity contribution in [3.05, 3.63) is 70.3 Å². The number of aromatic nitrogens is 2. The fraction of sp³-hybridized carbons (Fsp3) is 0.200. The van der Waals surface area contributed by atoms with E-state index in [9.17, 15) is 13.2 Å². The van der Waals surface area contributed by atoms with Crippen LogP contribution in [0.4, 0.5) is 11.5 Å². The number of anilines is 2. The molecule has 0 aliphatic heterocycles. The van der Waals surface area contributed by atoms with Crippen molar-refractivity contribution in [1.29, 1.82) is 0 Å². The highest BCUT2D eigenvalue weighted by Crippen LogP contribution is 2.23. The summed E-state index contributed by atoms with van der Waals surface area (Å²) < 4.78 is 28.2. The van der Waals surface area contributed by atoms with Crippen LogP contribution in [0.2, 0.25) is 0 Å². The average Bonchev–Trinajstić information content (AvgIpc) is 3.00. The number of rotatable bonds is 6. The summed E-state index contributed by atoms with van der Waals surface area (Å²) in [5.41, 5.74) is 2.73. The number of sulfonamides is 1. The lowest BCUT2D eigenvalue weighted by molar-refractivity contribution is -0.114. The van der Waals surface area contributed by atoms with Crippen LogP contribution in [0, 0.1) is 13.8 Å². The summed E-state index contributed by atoms with van der Waals surface area (Å²) in [5, 5.41) is 7.21. The minimum Gasteiger partial charge on any atom is -0.309 e. The number of halogens is 1. The Morgan fingerprint density at radius 1 is 1.14 bits per heavy atom. The van der Waals surface area contributed by atoms with Crippen LogP contribution < -0.4 is 9.62 Å². The molecule has 0 bridgehead atoms. The molecule has 0 aliphatic rings. The molecule has 9 heteroatoms. The van der Waals surface area contributed by atoms with Crippen LogP contribution in [-0.4, -0.2) is 36.9 Å². The van der Waals surface area contributed by atoms with Gasteiger partial charge < -0.3 is 5.32 Å². The van der Waals surface area contributed by atoms with E-state index in [1.807, 2.05) is 37.3 Å². The molecule has 152 valence electrons. The SMILES string of the molecule is Cc1cc(NC(=O)CN(c2ccccc2C)S(C)(=O)=O)n(-c2cccc(Br)c2)n1. The first-order chi connectivity index (χ1) is 13.6. The standard InChI is InChI=1S/C20H21BrN4O3S/c1-14-7-4-5-10-18(14)24(29(3,27)28)13-20(26)22-19-11-15(2)23-25(19)17-9-6-8-16(21)12-17/h4-12H,13H2,1-3H3,(H,22,26). The molecule has 0 saturated heterocycles. The first-order valence-corrected chi connectivity index (χ1v) is 11.4. The number of benzene rings is 2. The molecule has 1 N–H and O–H groups in total. The second-order valence-electron chi connectivity index (χ2n) is 6.67. The Balaban J connectivity index is 1.88. The summed E-state index contributed by atoms with van der Waals surface area (Å²) in [4.78, 5) is 12.7. The molecule has 1 aromatic heterocycles. The third kappa shape index (κ3) is 5.04. The Bertz CT molecular complexity index is 1160.